The number of anilines is 1. The summed E-state index contributed by atoms with van der Waals surface area (Å²) in [4.78, 5) is 23.4. The van der Waals surface area contributed by atoms with Gasteiger partial charge in [0.25, 0.3) is 5.91 Å². The van der Waals surface area contributed by atoms with Gasteiger partial charge in [0.05, 0.1) is 10.7 Å². The first kappa shape index (κ1) is 14.1. The Balaban J connectivity index is 2.36. The van der Waals surface area contributed by atoms with E-state index in [1.165, 1.54) is 12.1 Å². The van der Waals surface area contributed by atoms with Gasteiger partial charge in [-0.15, -0.1) is 0 Å². The molecule has 5 heteroatoms. The van der Waals surface area contributed by atoms with E-state index < -0.39 is 5.97 Å². The molecule has 0 aliphatic rings. The van der Waals surface area contributed by atoms with E-state index in [1.54, 1.807) is 18.2 Å². The maximum atomic E-state index is 12.2. The molecule has 0 bridgehead atoms. The molecule has 20 heavy (non-hydrogen) atoms. The van der Waals surface area contributed by atoms with Crippen molar-refractivity contribution in [2.75, 3.05) is 5.32 Å². The third kappa shape index (κ3) is 2.81. The second kappa shape index (κ2) is 5.75. The zero-order chi connectivity index (χ0) is 14.7. The molecule has 0 atom stereocenters. The van der Waals surface area contributed by atoms with E-state index in [4.69, 9.17) is 16.7 Å². The summed E-state index contributed by atoms with van der Waals surface area (Å²) in [6, 6.07) is 11.6. The molecule has 0 aromatic heterocycles. The van der Waals surface area contributed by atoms with Crippen molar-refractivity contribution in [1.82, 2.24) is 0 Å². The minimum atomic E-state index is -1.18. The first-order valence-electron chi connectivity index (χ1n) is 5.89. The second-order valence-electron chi connectivity index (χ2n) is 4.24. The highest BCUT2D eigenvalue weighted by molar-refractivity contribution is 6.34. The summed E-state index contributed by atoms with van der Waals surface area (Å²) in [6.45, 7) is 1.81. The van der Waals surface area contributed by atoms with Crippen LogP contribution in [0.25, 0.3) is 0 Å². The van der Waals surface area contributed by atoms with Crippen LogP contribution < -0.4 is 5.32 Å². The summed E-state index contributed by atoms with van der Waals surface area (Å²) in [5.74, 6) is -1.55. The van der Waals surface area contributed by atoms with E-state index in [2.05, 4.69) is 5.32 Å². The molecule has 1 amide bonds. The zero-order valence-corrected chi connectivity index (χ0v) is 11.4. The lowest BCUT2D eigenvalue weighted by atomic mass is 10.1. The van der Waals surface area contributed by atoms with E-state index in [9.17, 15) is 9.59 Å². The lowest BCUT2D eigenvalue weighted by Crippen LogP contribution is -2.16. The average Bonchev–Trinajstić information content (AvgIpc) is 2.38. The molecule has 0 aliphatic heterocycles. The fourth-order valence-corrected chi connectivity index (χ4v) is 2.12. The summed E-state index contributed by atoms with van der Waals surface area (Å²) in [5.41, 5.74) is 1.36. The highest BCUT2D eigenvalue weighted by atomic mass is 35.5. The van der Waals surface area contributed by atoms with Crippen LogP contribution in [0.2, 0.25) is 5.02 Å². The number of rotatable bonds is 3. The van der Waals surface area contributed by atoms with Crippen molar-refractivity contribution in [3.05, 3.63) is 64.2 Å². The Kier molecular flexibility index (Phi) is 4.05. The van der Waals surface area contributed by atoms with Crippen molar-refractivity contribution in [3.8, 4) is 0 Å². The smallest absolute Gasteiger partial charge is 0.339 e. The number of hydrogen-bond acceptors (Lipinski definition) is 2. The molecule has 2 aromatic carbocycles. The van der Waals surface area contributed by atoms with Gasteiger partial charge in [0.15, 0.2) is 0 Å². The molecule has 2 aromatic rings. The van der Waals surface area contributed by atoms with Crippen molar-refractivity contribution >= 4 is 29.2 Å². The number of carbonyl (C=O) groups excluding carboxylic acids is 1. The lowest BCUT2D eigenvalue weighted by Gasteiger charge is -2.11. The Morgan fingerprint density at radius 1 is 1.10 bits per heavy atom. The van der Waals surface area contributed by atoms with E-state index in [0.29, 0.717) is 5.56 Å². The van der Waals surface area contributed by atoms with Gasteiger partial charge < -0.3 is 10.4 Å². The number of carboxylic acid groups (broad SMARTS) is 1. The van der Waals surface area contributed by atoms with Crippen molar-refractivity contribution < 1.29 is 14.7 Å². The fourth-order valence-electron chi connectivity index (χ4n) is 1.86. The number of carbonyl (C=O) groups is 2. The Morgan fingerprint density at radius 2 is 1.80 bits per heavy atom. The number of nitrogens with one attached hydrogen (secondary N) is 1. The van der Waals surface area contributed by atoms with E-state index in [1.807, 2.05) is 19.1 Å². The van der Waals surface area contributed by atoms with Crippen LogP contribution in [0.1, 0.15) is 26.3 Å². The van der Waals surface area contributed by atoms with Crippen LogP contribution in [-0.4, -0.2) is 17.0 Å². The third-order valence-corrected chi connectivity index (χ3v) is 3.18. The van der Waals surface area contributed by atoms with Gasteiger partial charge in [-0.25, -0.2) is 4.79 Å². The van der Waals surface area contributed by atoms with Gasteiger partial charge >= 0.3 is 5.97 Å². The number of carboxylic acids is 1. The second-order valence-corrected chi connectivity index (χ2v) is 4.64. The average molecular weight is 290 g/mol. The number of aryl methyl sites for hydroxylation is 1. The van der Waals surface area contributed by atoms with Crippen LogP contribution in [0.4, 0.5) is 5.69 Å². The fraction of sp³-hybridized carbons (Fsp3) is 0.0667. The molecule has 0 spiro atoms. The minimum Gasteiger partial charge on any atom is -0.478 e. The maximum absolute atomic E-state index is 12.2. The zero-order valence-electron chi connectivity index (χ0n) is 10.7. The molecule has 0 unspecified atom stereocenters. The number of hydrogen-bond donors (Lipinski definition) is 2. The monoisotopic (exact) mass is 289 g/mol. The van der Waals surface area contributed by atoms with Gasteiger partial charge in [-0.1, -0.05) is 35.9 Å². The lowest BCUT2D eigenvalue weighted by molar-refractivity contribution is 0.0698. The van der Waals surface area contributed by atoms with Gasteiger partial charge in [0.1, 0.15) is 5.56 Å². The molecule has 102 valence electrons. The van der Waals surface area contributed by atoms with Crippen molar-refractivity contribution in [1.29, 1.82) is 0 Å². The Labute approximate surface area is 121 Å². The van der Waals surface area contributed by atoms with Gasteiger partial charge in [0.2, 0.25) is 0 Å². The molecule has 4 nitrogen and oxygen atoms in total. The third-order valence-electron chi connectivity index (χ3n) is 2.87. The largest absolute Gasteiger partial charge is 0.478 e. The summed E-state index contributed by atoms with van der Waals surface area (Å²) < 4.78 is 0. The summed E-state index contributed by atoms with van der Waals surface area (Å²) in [5, 5.41) is 11.8. The molecule has 2 rings (SSSR count). The van der Waals surface area contributed by atoms with Crippen LogP contribution in [0.15, 0.2) is 42.5 Å². The first-order chi connectivity index (χ1) is 9.50. The highest BCUT2D eigenvalue weighted by Crippen LogP contribution is 2.25. The maximum Gasteiger partial charge on any atom is 0.339 e. The van der Waals surface area contributed by atoms with Crippen molar-refractivity contribution in [2.45, 2.75) is 6.92 Å². The van der Waals surface area contributed by atoms with Crippen molar-refractivity contribution in [2.24, 2.45) is 0 Å². The predicted octanol–water partition coefficient (Wildman–Crippen LogP) is 3.60. The Bertz CT molecular complexity index is 683. The van der Waals surface area contributed by atoms with Crippen LogP contribution >= 0.6 is 11.6 Å². The number of halogens is 1. The molecular weight excluding hydrogens is 278 g/mol. The van der Waals surface area contributed by atoms with E-state index >= 15 is 0 Å². The molecule has 0 aliphatic carbocycles. The van der Waals surface area contributed by atoms with Crippen LogP contribution in [0, 0.1) is 6.92 Å². The first-order valence-corrected chi connectivity index (χ1v) is 6.27. The molecular formula is C15H12ClNO3. The quantitative estimate of drug-likeness (QED) is 0.907. The molecule has 0 saturated carbocycles. The number of amides is 1. The van der Waals surface area contributed by atoms with Crippen molar-refractivity contribution in [3.63, 3.8) is 0 Å². The Hall–Kier alpha value is -2.33. The topological polar surface area (TPSA) is 66.4 Å². The van der Waals surface area contributed by atoms with Gasteiger partial charge in [-0.2, -0.15) is 0 Å². The number of benzene rings is 2. The van der Waals surface area contributed by atoms with Crippen LogP contribution in [-0.2, 0) is 0 Å². The highest BCUT2D eigenvalue weighted by Gasteiger charge is 2.17. The summed E-state index contributed by atoms with van der Waals surface area (Å²) >= 11 is 5.85. The minimum absolute atomic E-state index is 0.0834. The molecule has 0 heterocycles. The normalized spacial score (nSPS) is 10.1. The molecule has 0 saturated heterocycles. The summed E-state index contributed by atoms with van der Waals surface area (Å²) in [6.07, 6.45) is 0. The van der Waals surface area contributed by atoms with Gasteiger partial charge in [0, 0.05) is 5.56 Å². The van der Waals surface area contributed by atoms with Gasteiger partial charge in [-0.3, -0.25) is 4.79 Å². The SMILES string of the molecule is Cc1ccccc1C(=O)Nc1cccc(Cl)c1C(=O)O. The molecule has 2 N–H and O–H groups in total. The van der Waals surface area contributed by atoms with E-state index in [0.717, 1.165) is 5.56 Å². The van der Waals surface area contributed by atoms with E-state index in [-0.39, 0.29) is 22.2 Å². The standard InChI is InChI=1S/C15H12ClNO3/c1-9-5-2-3-6-10(9)14(18)17-12-8-4-7-11(16)13(12)15(19)20/h2-8H,1H3,(H,17,18)(H,19,20). The predicted molar refractivity (Wildman–Crippen MR) is 77.5 cm³/mol. The molecule has 0 radical (unpaired) electrons. The van der Waals surface area contributed by atoms with Gasteiger partial charge in [-0.05, 0) is 30.7 Å². The summed E-state index contributed by atoms with van der Waals surface area (Å²) in [7, 11) is 0. The Morgan fingerprint density at radius 3 is 2.45 bits per heavy atom. The van der Waals surface area contributed by atoms with Crippen LogP contribution in [0.5, 0.6) is 0 Å². The molecule has 0 fully saturated rings. The number of aromatic carboxylic acids is 1. The van der Waals surface area contributed by atoms with Crippen LogP contribution in [0.3, 0.4) is 0 Å².